The molecule has 0 saturated carbocycles. The van der Waals surface area contributed by atoms with E-state index in [1.54, 1.807) is 4.90 Å². The van der Waals surface area contributed by atoms with Crippen molar-refractivity contribution < 1.29 is 9.59 Å². The number of aromatic amines is 1. The van der Waals surface area contributed by atoms with Gasteiger partial charge in [-0.15, -0.1) is 0 Å². The van der Waals surface area contributed by atoms with Gasteiger partial charge in [0, 0.05) is 37.5 Å². The lowest BCUT2D eigenvalue weighted by Crippen LogP contribution is -2.41. The van der Waals surface area contributed by atoms with Crippen LogP contribution in [-0.4, -0.2) is 77.0 Å². The Bertz CT molecular complexity index is 997. The predicted molar refractivity (Wildman–Crippen MR) is 112 cm³/mol. The smallest absolute Gasteiger partial charge is 0.274 e. The summed E-state index contributed by atoms with van der Waals surface area (Å²) in [6.07, 6.45) is 0. The van der Waals surface area contributed by atoms with E-state index >= 15 is 0 Å². The molecule has 8 nitrogen and oxygen atoms in total. The van der Waals surface area contributed by atoms with Gasteiger partial charge in [0.05, 0.1) is 12.6 Å². The Hall–Kier alpha value is -3.00. The van der Waals surface area contributed by atoms with Gasteiger partial charge in [-0.05, 0) is 38.2 Å². The normalized spacial score (nSPS) is 23.1. The number of aromatic nitrogens is 2. The number of nitrogens with zero attached hydrogens (tertiary/aromatic N) is 4. The Balaban J connectivity index is 1.61. The minimum Gasteiger partial charge on any atom is -0.337 e. The number of fused-ring (bicyclic) bond motifs is 1. The number of carbonyl (C=O) groups is 2. The summed E-state index contributed by atoms with van der Waals surface area (Å²) in [6.45, 7) is 4.22. The van der Waals surface area contributed by atoms with Crippen molar-refractivity contribution in [2.24, 2.45) is 11.8 Å². The lowest BCUT2D eigenvalue weighted by molar-refractivity contribution is -0.133. The van der Waals surface area contributed by atoms with Gasteiger partial charge in [0.25, 0.3) is 11.5 Å². The average molecular weight is 409 g/mol. The Morgan fingerprint density at radius 3 is 2.57 bits per heavy atom. The largest absolute Gasteiger partial charge is 0.337 e. The third kappa shape index (κ3) is 3.75. The van der Waals surface area contributed by atoms with E-state index in [2.05, 4.69) is 29.3 Å². The number of carbonyl (C=O) groups excluding carboxylic acids is 2. The maximum Gasteiger partial charge on any atom is 0.274 e. The fourth-order valence-corrected chi connectivity index (χ4v) is 4.77. The van der Waals surface area contributed by atoms with Crippen molar-refractivity contribution in [2.75, 3.05) is 40.3 Å². The van der Waals surface area contributed by atoms with E-state index < -0.39 is 0 Å². The number of hydrogen-bond acceptors (Lipinski definition) is 5. The molecule has 1 N–H and O–H groups in total. The summed E-state index contributed by atoms with van der Waals surface area (Å²) in [4.78, 5) is 42.9. The zero-order chi connectivity index (χ0) is 21.4. The Morgan fingerprint density at radius 1 is 1.13 bits per heavy atom. The second-order valence-corrected chi connectivity index (χ2v) is 8.53. The van der Waals surface area contributed by atoms with Crippen LogP contribution in [0.25, 0.3) is 0 Å². The van der Waals surface area contributed by atoms with Crippen LogP contribution in [0.4, 0.5) is 0 Å². The van der Waals surface area contributed by atoms with Gasteiger partial charge in [-0.25, -0.2) is 5.10 Å². The molecule has 2 aliphatic rings. The lowest BCUT2D eigenvalue weighted by Gasteiger charge is -2.31. The summed E-state index contributed by atoms with van der Waals surface area (Å²) < 4.78 is 0. The third-order valence-corrected chi connectivity index (χ3v) is 6.13. The molecular weight excluding hydrogens is 382 g/mol. The Labute approximate surface area is 175 Å². The van der Waals surface area contributed by atoms with Gasteiger partial charge in [0.15, 0.2) is 0 Å². The molecule has 158 valence electrons. The van der Waals surface area contributed by atoms with Crippen molar-refractivity contribution in [1.29, 1.82) is 0 Å². The van der Waals surface area contributed by atoms with Crippen LogP contribution in [0.5, 0.6) is 0 Å². The van der Waals surface area contributed by atoms with Crippen LogP contribution in [-0.2, 0) is 4.79 Å². The third-order valence-electron chi connectivity index (χ3n) is 6.13. The van der Waals surface area contributed by atoms with E-state index in [-0.39, 0.29) is 40.9 Å². The summed E-state index contributed by atoms with van der Waals surface area (Å²) >= 11 is 0. The van der Waals surface area contributed by atoms with Crippen molar-refractivity contribution in [3.63, 3.8) is 0 Å². The van der Waals surface area contributed by atoms with Crippen molar-refractivity contribution in [2.45, 2.75) is 13.0 Å². The number of aryl methyl sites for hydroxylation is 1. The molecule has 4 rings (SSSR count). The van der Waals surface area contributed by atoms with Crippen molar-refractivity contribution in [3.8, 4) is 0 Å². The first kappa shape index (κ1) is 20.3. The molecule has 0 radical (unpaired) electrons. The van der Waals surface area contributed by atoms with Crippen molar-refractivity contribution >= 4 is 11.8 Å². The summed E-state index contributed by atoms with van der Waals surface area (Å²) in [7, 11) is 3.80. The van der Waals surface area contributed by atoms with Crippen LogP contribution in [0.1, 0.15) is 27.7 Å². The maximum atomic E-state index is 13.0. The predicted octanol–water partition coefficient (Wildman–Crippen LogP) is 0.912. The fraction of sp³-hybridized carbons (Fsp3) is 0.455. The lowest BCUT2D eigenvalue weighted by atomic mass is 9.87. The van der Waals surface area contributed by atoms with E-state index in [1.807, 2.05) is 36.0 Å². The van der Waals surface area contributed by atoms with E-state index in [1.165, 1.54) is 12.1 Å². The quantitative estimate of drug-likeness (QED) is 0.811. The number of H-pyrrole nitrogens is 1. The molecular formula is C22H27N5O3. The standard InChI is InChI=1S/C22H27N5O3/c1-14-6-4-5-7-16(14)21-17-12-26(22(30)18-8-9-19(28)24-23-18)10-15(17)11-27(21)20(29)13-25(2)3/h4-9,15,17,21H,10-13H2,1-3H3,(H,24,28)/t15-,17-,21+/m1/s1. The zero-order valence-electron chi connectivity index (χ0n) is 17.5. The SMILES string of the molecule is Cc1ccccc1[C@H]1[C@@H]2CN(C(=O)c3ccc(=O)[nH]n3)C[C@@H]2CN1C(=O)CN(C)C. The van der Waals surface area contributed by atoms with Crippen LogP contribution >= 0.6 is 0 Å². The molecule has 0 unspecified atom stereocenters. The van der Waals surface area contributed by atoms with Crippen LogP contribution in [0.2, 0.25) is 0 Å². The highest BCUT2D eigenvalue weighted by molar-refractivity contribution is 5.92. The van der Waals surface area contributed by atoms with E-state index in [0.29, 0.717) is 26.2 Å². The molecule has 2 fully saturated rings. The first-order valence-corrected chi connectivity index (χ1v) is 10.2. The molecule has 2 aliphatic heterocycles. The molecule has 3 heterocycles. The van der Waals surface area contributed by atoms with E-state index in [4.69, 9.17) is 0 Å². The first-order valence-electron chi connectivity index (χ1n) is 10.2. The summed E-state index contributed by atoms with van der Waals surface area (Å²) in [6, 6.07) is 10.9. The summed E-state index contributed by atoms with van der Waals surface area (Å²) in [5, 5.41) is 6.21. The number of likely N-dealkylation sites (tertiary alicyclic amines) is 2. The van der Waals surface area contributed by atoms with Gasteiger partial charge in [-0.1, -0.05) is 24.3 Å². The molecule has 1 aromatic carbocycles. The van der Waals surface area contributed by atoms with Crippen LogP contribution < -0.4 is 5.56 Å². The highest BCUT2D eigenvalue weighted by atomic mass is 16.2. The average Bonchev–Trinajstić information content (AvgIpc) is 3.26. The minimum atomic E-state index is -0.334. The molecule has 3 atom stereocenters. The van der Waals surface area contributed by atoms with Gasteiger partial charge in [-0.3, -0.25) is 14.4 Å². The topological polar surface area (TPSA) is 89.6 Å². The summed E-state index contributed by atoms with van der Waals surface area (Å²) in [5.41, 5.74) is 2.20. The van der Waals surface area contributed by atoms with Crippen molar-refractivity contribution in [1.82, 2.24) is 24.9 Å². The number of hydrogen-bond donors (Lipinski definition) is 1. The second-order valence-electron chi connectivity index (χ2n) is 8.53. The number of benzene rings is 1. The van der Waals surface area contributed by atoms with Crippen molar-refractivity contribution in [3.05, 3.63) is 63.6 Å². The number of nitrogens with one attached hydrogen (secondary N) is 1. The van der Waals surface area contributed by atoms with Gasteiger partial charge < -0.3 is 14.7 Å². The maximum absolute atomic E-state index is 13.0. The number of likely N-dealkylation sites (N-methyl/N-ethyl adjacent to an activating group) is 1. The highest BCUT2D eigenvalue weighted by Crippen LogP contribution is 2.46. The molecule has 8 heteroatoms. The van der Waals surface area contributed by atoms with Crippen LogP contribution in [0.3, 0.4) is 0 Å². The number of amides is 2. The van der Waals surface area contributed by atoms with Crippen LogP contribution in [0.15, 0.2) is 41.2 Å². The molecule has 2 aromatic rings. The Morgan fingerprint density at radius 2 is 1.90 bits per heavy atom. The fourth-order valence-electron chi connectivity index (χ4n) is 4.77. The van der Waals surface area contributed by atoms with E-state index in [0.717, 1.165) is 11.1 Å². The van der Waals surface area contributed by atoms with E-state index in [9.17, 15) is 14.4 Å². The van der Waals surface area contributed by atoms with Gasteiger partial charge in [0.1, 0.15) is 5.69 Å². The zero-order valence-corrected chi connectivity index (χ0v) is 17.5. The first-order chi connectivity index (χ1) is 14.3. The molecule has 2 amide bonds. The molecule has 30 heavy (non-hydrogen) atoms. The molecule has 0 bridgehead atoms. The minimum absolute atomic E-state index is 0.0509. The van der Waals surface area contributed by atoms with Gasteiger partial charge in [-0.2, -0.15) is 5.10 Å². The molecule has 2 saturated heterocycles. The Kier molecular flexibility index (Phi) is 5.42. The molecule has 0 spiro atoms. The summed E-state index contributed by atoms with van der Waals surface area (Å²) in [5.74, 6) is 0.314. The van der Waals surface area contributed by atoms with Gasteiger partial charge >= 0.3 is 0 Å². The molecule has 1 aromatic heterocycles. The monoisotopic (exact) mass is 409 g/mol. The van der Waals surface area contributed by atoms with Crippen LogP contribution in [0, 0.1) is 18.8 Å². The second kappa shape index (κ2) is 8.02. The number of rotatable bonds is 4. The molecule has 0 aliphatic carbocycles. The van der Waals surface area contributed by atoms with Gasteiger partial charge in [0.2, 0.25) is 5.91 Å². The highest BCUT2D eigenvalue weighted by Gasteiger charge is 2.50.